The average molecular weight is 426 g/mol. The number of aldehydes is 1. The molecule has 0 aliphatic carbocycles. The summed E-state index contributed by atoms with van der Waals surface area (Å²) in [5, 5.41) is 9.10. The number of rotatable bonds is 9. The fraction of sp³-hybridized carbons (Fsp3) is 0.222. The Hall–Kier alpha value is -2.73. The van der Waals surface area contributed by atoms with Crippen molar-refractivity contribution in [2.45, 2.75) is 6.54 Å². The highest BCUT2D eigenvalue weighted by Gasteiger charge is 2.23. The molecule has 156 valence electrons. The molecule has 8 nitrogen and oxygen atoms in total. The van der Waals surface area contributed by atoms with E-state index >= 15 is 0 Å². The fourth-order valence-electron chi connectivity index (χ4n) is 2.63. The molecule has 0 aliphatic rings. The zero-order valence-corrected chi connectivity index (χ0v) is 16.7. The molecule has 11 heteroatoms. The fourth-order valence-corrected chi connectivity index (χ4v) is 2.93. The molecule has 2 aromatic carbocycles. The Kier molecular flexibility index (Phi) is 7.91. The van der Waals surface area contributed by atoms with Crippen LogP contribution < -0.4 is 24.8 Å². The third-order valence-corrected chi connectivity index (χ3v) is 4.41. The zero-order chi connectivity index (χ0) is 21.6. The van der Waals surface area contributed by atoms with Crippen molar-refractivity contribution in [3.8, 4) is 11.5 Å². The quantitative estimate of drug-likeness (QED) is 0.240. The third kappa shape index (κ3) is 5.01. The highest BCUT2D eigenvalue weighted by molar-refractivity contribution is 7.87. The molecule has 0 bridgehead atoms. The first kappa shape index (κ1) is 22.6. The largest absolute Gasteiger partial charge is 0.579 e. The number of halogens is 2. The summed E-state index contributed by atoms with van der Waals surface area (Å²) in [6.45, 7) is -0.236. The van der Waals surface area contributed by atoms with Crippen LogP contribution in [0.5, 0.6) is 11.5 Å². The third-order valence-electron chi connectivity index (χ3n) is 3.98. The summed E-state index contributed by atoms with van der Waals surface area (Å²) < 4.78 is 53.0. The van der Waals surface area contributed by atoms with Gasteiger partial charge in [-0.3, -0.25) is 4.79 Å². The molecule has 0 aromatic heterocycles. The minimum atomic E-state index is -1.88. The molecule has 1 atom stereocenters. The molecule has 0 amide bonds. The van der Waals surface area contributed by atoms with Gasteiger partial charge in [0.25, 0.3) is 0 Å². The first-order valence-electron chi connectivity index (χ1n) is 8.20. The van der Waals surface area contributed by atoms with E-state index in [0.717, 1.165) is 0 Å². The van der Waals surface area contributed by atoms with E-state index in [1.54, 1.807) is 0 Å². The van der Waals surface area contributed by atoms with Crippen LogP contribution in [0.1, 0.15) is 27.0 Å². The lowest BCUT2D eigenvalue weighted by Gasteiger charge is -2.15. The summed E-state index contributed by atoms with van der Waals surface area (Å²) in [6, 6.07) is 5.47. The van der Waals surface area contributed by atoms with Crippen LogP contribution in [0.3, 0.4) is 0 Å². The minimum Gasteiger partial charge on any atom is -0.579 e. The molecule has 0 spiro atoms. The predicted molar refractivity (Wildman–Crippen MR) is 105 cm³/mol. The maximum absolute atomic E-state index is 14.8. The summed E-state index contributed by atoms with van der Waals surface area (Å²) in [7, 11) is 4.29. The van der Waals surface area contributed by atoms with Gasteiger partial charge in [-0.2, -0.15) is 5.10 Å². The van der Waals surface area contributed by atoms with Crippen molar-refractivity contribution in [1.29, 1.82) is 0 Å². The molecule has 0 heterocycles. The van der Waals surface area contributed by atoms with Gasteiger partial charge in [0.1, 0.15) is 17.3 Å². The minimum absolute atomic E-state index is 0.0196. The van der Waals surface area contributed by atoms with Crippen molar-refractivity contribution >= 4 is 23.5 Å². The van der Waals surface area contributed by atoms with Gasteiger partial charge in [0.2, 0.25) is 0 Å². The number of nitrogens with one attached hydrogen (secondary N) is 2. The van der Waals surface area contributed by atoms with Crippen LogP contribution in [0.25, 0.3) is 0 Å². The molecule has 1 unspecified atom stereocenters. The number of methoxy groups -OCH3 is 2. The second-order valence-electron chi connectivity index (χ2n) is 5.62. The van der Waals surface area contributed by atoms with Crippen LogP contribution in [-0.2, 0) is 18.1 Å². The SMILES string of the molecule is CN/N=C(\c1cc(OC)c(OC)cc1C=O)c1ccc(CN[S+](N)[O-])c(F)c1F. The van der Waals surface area contributed by atoms with E-state index in [0.29, 0.717) is 12.0 Å². The number of nitrogens with two attached hydrogens (primary N) is 1. The topological polar surface area (TPSA) is 121 Å². The van der Waals surface area contributed by atoms with Crippen molar-refractivity contribution in [3.05, 3.63) is 58.2 Å². The zero-order valence-electron chi connectivity index (χ0n) is 15.9. The summed E-state index contributed by atoms with van der Waals surface area (Å²) in [6.07, 6.45) is 0.547. The Morgan fingerprint density at radius 1 is 1.21 bits per heavy atom. The summed E-state index contributed by atoms with van der Waals surface area (Å²) >= 11 is -1.88. The smallest absolute Gasteiger partial charge is 0.168 e. The van der Waals surface area contributed by atoms with Gasteiger partial charge in [-0.1, -0.05) is 6.07 Å². The standard InChI is InChI=1S/C18H20F2N4O4S/c1-22-24-18(13-7-15(28-3)14(27-2)6-11(13)9-25)12-5-4-10(8-23-29(21)26)16(19)17(12)20/h4-7,9,22-23H,8,21H2,1-3H3/b24-18-. The number of carbonyl (C=O) groups is 1. The van der Waals surface area contributed by atoms with Gasteiger partial charge in [-0.15, -0.1) is 9.86 Å². The Bertz CT molecular complexity index is 925. The molecule has 0 saturated carbocycles. The lowest BCUT2D eigenvalue weighted by Crippen LogP contribution is -2.30. The molecule has 0 saturated heterocycles. The molecule has 0 radical (unpaired) electrons. The molecule has 2 aromatic rings. The molecular formula is C18H20F2N4O4S. The Balaban J connectivity index is 2.63. The number of hydrogen-bond acceptors (Lipinski definition) is 8. The first-order valence-corrected chi connectivity index (χ1v) is 9.42. The van der Waals surface area contributed by atoms with Gasteiger partial charge in [0.15, 0.2) is 29.4 Å². The van der Waals surface area contributed by atoms with Crippen molar-refractivity contribution in [3.63, 3.8) is 0 Å². The van der Waals surface area contributed by atoms with Gasteiger partial charge in [-0.25, -0.2) is 8.78 Å². The predicted octanol–water partition coefficient (Wildman–Crippen LogP) is 1.39. The summed E-state index contributed by atoms with van der Waals surface area (Å²) in [5.74, 6) is -1.76. The second kappa shape index (κ2) is 10.2. The normalized spacial score (nSPS) is 12.4. The van der Waals surface area contributed by atoms with Crippen LogP contribution in [0, 0.1) is 11.6 Å². The van der Waals surface area contributed by atoms with Gasteiger partial charge >= 0.3 is 0 Å². The molecule has 0 fully saturated rings. The highest BCUT2D eigenvalue weighted by Crippen LogP contribution is 2.32. The van der Waals surface area contributed by atoms with E-state index in [1.165, 1.54) is 45.5 Å². The lowest BCUT2D eigenvalue weighted by atomic mass is 9.95. The van der Waals surface area contributed by atoms with Crippen molar-refractivity contribution in [2.75, 3.05) is 21.3 Å². The van der Waals surface area contributed by atoms with Gasteiger partial charge < -0.3 is 19.5 Å². The number of hydrogen-bond donors (Lipinski definition) is 3. The van der Waals surface area contributed by atoms with E-state index in [1.807, 2.05) is 0 Å². The molecule has 0 aliphatic heterocycles. The van der Waals surface area contributed by atoms with Gasteiger partial charge in [0, 0.05) is 29.3 Å². The molecule has 29 heavy (non-hydrogen) atoms. The van der Waals surface area contributed by atoms with Crippen molar-refractivity contribution in [1.82, 2.24) is 10.1 Å². The number of carbonyl (C=O) groups excluding carboxylic acids is 1. The van der Waals surface area contributed by atoms with Gasteiger partial charge in [0.05, 0.1) is 20.8 Å². The second-order valence-corrected chi connectivity index (χ2v) is 6.50. The van der Waals surface area contributed by atoms with Crippen molar-refractivity contribution in [2.24, 2.45) is 10.2 Å². The molecule has 4 N–H and O–H groups in total. The number of nitrogens with zero attached hydrogens (tertiary/aromatic N) is 1. The monoisotopic (exact) mass is 426 g/mol. The van der Waals surface area contributed by atoms with E-state index in [9.17, 15) is 18.1 Å². The first-order chi connectivity index (χ1) is 13.9. The number of hydrazone groups is 1. The maximum atomic E-state index is 14.8. The highest BCUT2D eigenvalue weighted by atomic mass is 32.2. The Morgan fingerprint density at radius 3 is 2.41 bits per heavy atom. The van der Waals surface area contributed by atoms with Gasteiger partial charge in [-0.05, 0) is 18.2 Å². The van der Waals surface area contributed by atoms with Crippen molar-refractivity contribution < 1.29 is 27.6 Å². The average Bonchev–Trinajstić information content (AvgIpc) is 2.72. The van der Waals surface area contributed by atoms with Crippen LogP contribution in [0.4, 0.5) is 8.78 Å². The molecular weight excluding hydrogens is 406 g/mol. The Morgan fingerprint density at radius 2 is 1.86 bits per heavy atom. The lowest BCUT2D eigenvalue weighted by molar-refractivity contribution is 0.112. The van der Waals surface area contributed by atoms with Crippen LogP contribution in [-0.4, -0.2) is 37.8 Å². The van der Waals surface area contributed by atoms with Crippen LogP contribution in [0.2, 0.25) is 0 Å². The summed E-state index contributed by atoms with van der Waals surface area (Å²) in [4.78, 5) is 11.6. The van der Waals surface area contributed by atoms with Crippen LogP contribution in [0.15, 0.2) is 29.4 Å². The van der Waals surface area contributed by atoms with E-state index in [2.05, 4.69) is 15.2 Å². The van der Waals surface area contributed by atoms with Crippen LogP contribution >= 0.6 is 0 Å². The van der Waals surface area contributed by atoms with E-state index in [4.69, 9.17) is 14.6 Å². The number of benzene rings is 2. The molecule has 2 rings (SSSR count). The number of ether oxygens (including phenoxy) is 2. The maximum Gasteiger partial charge on any atom is 0.168 e. The van der Waals surface area contributed by atoms with E-state index < -0.39 is 23.2 Å². The Labute approximate surface area is 169 Å². The summed E-state index contributed by atoms with van der Waals surface area (Å²) in [5.41, 5.74) is 2.59. The van der Waals surface area contributed by atoms with E-state index in [-0.39, 0.29) is 40.3 Å².